The van der Waals surface area contributed by atoms with Crippen LogP contribution in [0.2, 0.25) is 5.02 Å². The van der Waals surface area contributed by atoms with Crippen LogP contribution in [-0.2, 0) is 12.8 Å². The highest BCUT2D eigenvalue weighted by Gasteiger charge is 2.25. The first-order valence-electron chi connectivity index (χ1n) is 9.86. The van der Waals surface area contributed by atoms with Crippen LogP contribution in [0.3, 0.4) is 0 Å². The Morgan fingerprint density at radius 2 is 1.93 bits per heavy atom. The molecule has 1 atom stereocenters. The Morgan fingerprint density at radius 1 is 1.15 bits per heavy atom. The molecule has 0 unspecified atom stereocenters. The van der Waals surface area contributed by atoms with Crippen molar-refractivity contribution >= 4 is 17.4 Å². The van der Waals surface area contributed by atoms with Crippen molar-refractivity contribution in [2.75, 3.05) is 25.5 Å². The largest absolute Gasteiger partial charge is 0.507 e. The summed E-state index contributed by atoms with van der Waals surface area (Å²) in [4.78, 5) is 2.37. The summed E-state index contributed by atoms with van der Waals surface area (Å²) in [5, 5.41) is 23.8. The van der Waals surface area contributed by atoms with Crippen LogP contribution in [0, 0.1) is 6.92 Å². The van der Waals surface area contributed by atoms with Gasteiger partial charge in [0, 0.05) is 28.7 Å². The number of piperidine rings is 1. The van der Waals surface area contributed by atoms with Crippen LogP contribution in [0.25, 0.3) is 11.3 Å². The molecule has 2 aromatic rings. The maximum Gasteiger partial charge on any atom is 0.152 e. The first-order valence-corrected chi connectivity index (χ1v) is 10.2. The zero-order valence-electron chi connectivity index (χ0n) is 16.1. The first kappa shape index (κ1) is 18.5. The summed E-state index contributed by atoms with van der Waals surface area (Å²) in [5.74, 6) is 1.11. The number of hydrogen-bond acceptors (Lipinski definition) is 5. The fourth-order valence-electron chi connectivity index (χ4n) is 4.48. The predicted molar refractivity (Wildman–Crippen MR) is 110 cm³/mol. The minimum absolute atomic E-state index is 0.177. The smallest absolute Gasteiger partial charge is 0.152 e. The van der Waals surface area contributed by atoms with Crippen molar-refractivity contribution in [1.29, 1.82) is 0 Å². The van der Waals surface area contributed by atoms with Crippen LogP contribution in [0.5, 0.6) is 5.75 Å². The Labute approximate surface area is 165 Å². The van der Waals surface area contributed by atoms with E-state index in [9.17, 15) is 5.11 Å². The molecule has 2 heterocycles. The van der Waals surface area contributed by atoms with E-state index in [1.54, 1.807) is 6.07 Å². The SMILES string of the molecule is Cc1cc(Cl)cc(O)c1-c1nnc(N[C@@H]2CCCN(C)C2)c2c1CCCC2. The fraction of sp³-hybridized carbons (Fsp3) is 0.524. The van der Waals surface area contributed by atoms with Gasteiger partial charge in [-0.05, 0) is 82.3 Å². The number of phenols is 1. The van der Waals surface area contributed by atoms with Crippen LogP contribution in [-0.4, -0.2) is 46.4 Å². The average Bonchev–Trinajstić information content (AvgIpc) is 2.62. The summed E-state index contributed by atoms with van der Waals surface area (Å²) in [6.07, 6.45) is 6.67. The van der Waals surface area contributed by atoms with E-state index in [4.69, 9.17) is 11.6 Å². The van der Waals surface area contributed by atoms with Gasteiger partial charge in [-0.25, -0.2) is 0 Å². The number of rotatable bonds is 3. The van der Waals surface area contributed by atoms with E-state index in [1.165, 1.54) is 30.4 Å². The van der Waals surface area contributed by atoms with Gasteiger partial charge >= 0.3 is 0 Å². The van der Waals surface area contributed by atoms with E-state index >= 15 is 0 Å². The van der Waals surface area contributed by atoms with E-state index in [2.05, 4.69) is 27.5 Å². The van der Waals surface area contributed by atoms with Gasteiger partial charge < -0.3 is 15.3 Å². The second-order valence-electron chi connectivity index (χ2n) is 7.92. The summed E-state index contributed by atoms with van der Waals surface area (Å²) >= 11 is 6.09. The van der Waals surface area contributed by atoms with Gasteiger partial charge in [0.2, 0.25) is 0 Å². The molecule has 1 aliphatic carbocycles. The van der Waals surface area contributed by atoms with Gasteiger partial charge in [-0.3, -0.25) is 0 Å². The lowest BCUT2D eigenvalue weighted by Gasteiger charge is -2.31. The van der Waals surface area contributed by atoms with Crippen LogP contribution in [0.4, 0.5) is 5.82 Å². The molecule has 6 heteroatoms. The van der Waals surface area contributed by atoms with E-state index in [0.29, 0.717) is 11.1 Å². The van der Waals surface area contributed by atoms with Crippen LogP contribution in [0.1, 0.15) is 42.4 Å². The molecule has 0 saturated carbocycles. The van der Waals surface area contributed by atoms with Gasteiger partial charge in [-0.2, -0.15) is 0 Å². The number of likely N-dealkylation sites (tertiary alicyclic amines) is 1. The second-order valence-corrected chi connectivity index (χ2v) is 8.36. The van der Waals surface area contributed by atoms with Crippen molar-refractivity contribution < 1.29 is 5.11 Å². The molecule has 1 aliphatic heterocycles. The molecule has 5 nitrogen and oxygen atoms in total. The minimum atomic E-state index is 0.177. The lowest BCUT2D eigenvalue weighted by Crippen LogP contribution is -2.40. The zero-order chi connectivity index (χ0) is 19.0. The molecular weight excluding hydrogens is 360 g/mol. The molecule has 144 valence electrons. The molecule has 2 N–H and O–H groups in total. The summed E-state index contributed by atoms with van der Waals surface area (Å²) in [7, 11) is 2.17. The summed E-state index contributed by atoms with van der Waals surface area (Å²) < 4.78 is 0. The number of fused-ring (bicyclic) bond motifs is 1. The lowest BCUT2D eigenvalue weighted by atomic mass is 9.88. The van der Waals surface area contributed by atoms with Crippen molar-refractivity contribution in [3.63, 3.8) is 0 Å². The van der Waals surface area contributed by atoms with Crippen molar-refractivity contribution in [3.05, 3.63) is 33.8 Å². The standard InChI is InChI=1S/C21H27ClN4O/c1-13-10-14(22)11-18(27)19(13)20-16-7-3-4-8-17(16)21(25-24-20)23-15-6-5-9-26(2)12-15/h10-11,15,27H,3-9,12H2,1-2H3,(H,23,25)/t15-/m1/s1. The van der Waals surface area contributed by atoms with Gasteiger partial charge in [0.05, 0.1) is 0 Å². The van der Waals surface area contributed by atoms with Crippen LogP contribution < -0.4 is 5.32 Å². The molecule has 0 amide bonds. The van der Waals surface area contributed by atoms with E-state index in [0.717, 1.165) is 55.0 Å². The van der Waals surface area contributed by atoms with Crippen molar-refractivity contribution in [1.82, 2.24) is 15.1 Å². The number of phenolic OH excluding ortho intramolecular Hbond substituents is 1. The van der Waals surface area contributed by atoms with Crippen molar-refractivity contribution in [3.8, 4) is 17.0 Å². The molecule has 27 heavy (non-hydrogen) atoms. The third-order valence-electron chi connectivity index (χ3n) is 5.77. The number of anilines is 1. The number of nitrogens with zero attached hydrogens (tertiary/aromatic N) is 3. The number of likely N-dealkylation sites (N-methyl/N-ethyl adjacent to an activating group) is 1. The zero-order valence-corrected chi connectivity index (χ0v) is 16.8. The van der Waals surface area contributed by atoms with E-state index < -0.39 is 0 Å². The fourth-order valence-corrected chi connectivity index (χ4v) is 4.74. The Bertz CT molecular complexity index is 831. The normalized spacial score (nSPS) is 20.3. The molecular formula is C21H27ClN4O. The van der Waals surface area contributed by atoms with E-state index in [-0.39, 0.29) is 5.75 Å². The van der Waals surface area contributed by atoms with E-state index in [1.807, 2.05) is 13.0 Å². The minimum Gasteiger partial charge on any atom is -0.507 e. The monoisotopic (exact) mass is 386 g/mol. The molecule has 0 bridgehead atoms. The number of halogens is 1. The Morgan fingerprint density at radius 3 is 2.67 bits per heavy atom. The summed E-state index contributed by atoms with van der Waals surface area (Å²) in [6.45, 7) is 4.16. The Kier molecular flexibility index (Phi) is 5.24. The number of aromatic hydroxyl groups is 1. The quantitative estimate of drug-likeness (QED) is 0.827. The predicted octanol–water partition coefficient (Wildman–Crippen LogP) is 4.20. The second kappa shape index (κ2) is 7.64. The molecule has 4 rings (SSSR count). The number of benzene rings is 1. The van der Waals surface area contributed by atoms with Crippen molar-refractivity contribution in [2.24, 2.45) is 0 Å². The van der Waals surface area contributed by atoms with Crippen LogP contribution in [0.15, 0.2) is 12.1 Å². The first-order chi connectivity index (χ1) is 13.0. The highest BCUT2D eigenvalue weighted by molar-refractivity contribution is 6.31. The molecule has 1 fully saturated rings. The highest BCUT2D eigenvalue weighted by Crippen LogP contribution is 2.39. The maximum absolute atomic E-state index is 10.5. The van der Waals surface area contributed by atoms with Crippen molar-refractivity contribution in [2.45, 2.75) is 51.5 Å². The van der Waals surface area contributed by atoms with Gasteiger partial charge in [0.15, 0.2) is 5.82 Å². The Balaban J connectivity index is 1.73. The number of hydrogen-bond donors (Lipinski definition) is 2. The molecule has 1 aromatic carbocycles. The molecule has 1 saturated heterocycles. The lowest BCUT2D eigenvalue weighted by molar-refractivity contribution is 0.260. The number of nitrogens with one attached hydrogen (secondary N) is 1. The molecule has 0 spiro atoms. The van der Waals surface area contributed by atoms with Gasteiger partial charge in [0.25, 0.3) is 0 Å². The average molecular weight is 387 g/mol. The third kappa shape index (κ3) is 3.76. The Hall–Kier alpha value is -1.85. The summed E-state index contributed by atoms with van der Waals surface area (Å²) in [6, 6.07) is 3.88. The molecule has 0 radical (unpaired) electrons. The summed E-state index contributed by atoms with van der Waals surface area (Å²) in [5.41, 5.74) is 4.99. The van der Waals surface area contributed by atoms with Gasteiger partial charge in [-0.15, -0.1) is 10.2 Å². The van der Waals surface area contributed by atoms with Gasteiger partial charge in [0.1, 0.15) is 11.4 Å². The highest BCUT2D eigenvalue weighted by atomic mass is 35.5. The number of aromatic nitrogens is 2. The van der Waals surface area contributed by atoms with Gasteiger partial charge in [-0.1, -0.05) is 11.6 Å². The third-order valence-corrected chi connectivity index (χ3v) is 5.99. The number of aryl methyl sites for hydroxylation is 1. The molecule has 2 aliphatic rings. The maximum atomic E-state index is 10.5. The molecule has 1 aromatic heterocycles. The topological polar surface area (TPSA) is 61.3 Å². The van der Waals surface area contributed by atoms with Crippen LogP contribution >= 0.6 is 11.6 Å².